The molecule has 1 aromatic heterocycles. The van der Waals surface area contributed by atoms with Crippen molar-refractivity contribution in [2.45, 2.75) is 13.5 Å². The lowest BCUT2D eigenvalue weighted by atomic mass is 10.1. The van der Waals surface area contributed by atoms with Gasteiger partial charge in [-0.25, -0.2) is 4.79 Å². The Hall–Kier alpha value is -1.81. The quantitative estimate of drug-likeness (QED) is 0.911. The molecule has 0 fully saturated rings. The van der Waals surface area contributed by atoms with E-state index in [2.05, 4.69) is 5.10 Å². The minimum atomic E-state index is -1.06. The highest BCUT2D eigenvalue weighted by molar-refractivity contribution is 6.33. The van der Waals surface area contributed by atoms with Gasteiger partial charge in [0.2, 0.25) is 0 Å². The van der Waals surface area contributed by atoms with Crippen LogP contribution in [0.2, 0.25) is 5.15 Å². The summed E-state index contributed by atoms with van der Waals surface area (Å²) in [4.78, 5) is 11.2. The summed E-state index contributed by atoms with van der Waals surface area (Å²) >= 11 is 5.99. The van der Waals surface area contributed by atoms with Crippen LogP contribution in [0.15, 0.2) is 30.3 Å². The van der Waals surface area contributed by atoms with E-state index in [-0.39, 0.29) is 10.7 Å². The maximum Gasteiger partial charge on any atom is 0.341 e. The van der Waals surface area contributed by atoms with Crippen LogP contribution in [0, 0.1) is 0 Å². The van der Waals surface area contributed by atoms with Crippen molar-refractivity contribution < 1.29 is 9.90 Å². The number of nitrogens with zero attached hydrogens (tertiary/aromatic N) is 2. The first kappa shape index (κ1) is 11.7. The summed E-state index contributed by atoms with van der Waals surface area (Å²) in [5.74, 6) is -1.06. The topological polar surface area (TPSA) is 55.1 Å². The zero-order valence-electron chi connectivity index (χ0n) is 9.22. The van der Waals surface area contributed by atoms with Crippen molar-refractivity contribution in [2.24, 2.45) is 0 Å². The van der Waals surface area contributed by atoms with E-state index in [1.54, 1.807) is 0 Å². The molecule has 0 saturated carbocycles. The summed E-state index contributed by atoms with van der Waals surface area (Å²) in [5, 5.41) is 13.6. The third-order valence-electron chi connectivity index (χ3n) is 2.45. The Morgan fingerprint density at radius 2 is 2.06 bits per heavy atom. The van der Waals surface area contributed by atoms with E-state index < -0.39 is 5.97 Å². The van der Waals surface area contributed by atoms with Crippen molar-refractivity contribution >= 4 is 17.6 Å². The van der Waals surface area contributed by atoms with E-state index in [0.29, 0.717) is 12.2 Å². The van der Waals surface area contributed by atoms with Gasteiger partial charge >= 0.3 is 5.97 Å². The Kier molecular flexibility index (Phi) is 3.15. The van der Waals surface area contributed by atoms with Crippen molar-refractivity contribution in [3.05, 3.63) is 41.0 Å². The number of benzene rings is 1. The summed E-state index contributed by atoms with van der Waals surface area (Å²) in [5.41, 5.74) is 1.21. The molecule has 0 aliphatic rings. The van der Waals surface area contributed by atoms with Crippen molar-refractivity contribution in [1.82, 2.24) is 9.78 Å². The van der Waals surface area contributed by atoms with Crippen LogP contribution in [0.1, 0.15) is 17.3 Å². The second-order valence-corrected chi connectivity index (χ2v) is 3.86. The Morgan fingerprint density at radius 1 is 1.41 bits per heavy atom. The van der Waals surface area contributed by atoms with Gasteiger partial charge < -0.3 is 5.11 Å². The molecule has 0 aliphatic heterocycles. The molecular formula is C12H11ClN2O2. The lowest BCUT2D eigenvalue weighted by molar-refractivity contribution is 0.0698. The SMILES string of the molecule is CCn1nc(-c2ccccc2)c(C(=O)O)c1Cl. The molecule has 0 spiro atoms. The lowest BCUT2D eigenvalue weighted by Gasteiger charge is -1.97. The number of carboxylic acids is 1. The van der Waals surface area contributed by atoms with Crippen molar-refractivity contribution in [3.8, 4) is 11.3 Å². The summed E-state index contributed by atoms with van der Waals surface area (Å²) in [7, 11) is 0. The smallest absolute Gasteiger partial charge is 0.341 e. The maximum atomic E-state index is 11.2. The maximum absolute atomic E-state index is 11.2. The molecule has 1 aromatic carbocycles. The average molecular weight is 251 g/mol. The molecule has 5 heteroatoms. The molecular weight excluding hydrogens is 240 g/mol. The first-order chi connectivity index (χ1) is 8.15. The molecule has 0 aliphatic carbocycles. The van der Waals surface area contributed by atoms with Crippen LogP contribution in [-0.2, 0) is 6.54 Å². The highest BCUT2D eigenvalue weighted by Crippen LogP contribution is 2.28. The molecule has 0 saturated heterocycles. The molecule has 1 heterocycles. The fraction of sp³-hybridized carbons (Fsp3) is 0.167. The molecule has 0 atom stereocenters. The Balaban J connectivity index is 2.65. The van der Waals surface area contributed by atoms with E-state index in [0.717, 1.165) is 5.56 Å². The lowest BCUT2D eigenvalue weighted by Crippen LogP contribution is -1.99. The van der Waals surface area contributed by atoms with Gasteiger partial charge in [-0.2, -0.15) is 5.10 Å². The van der Waals surface area contributed by atoms with Crippen molar-refractivity contribution in [1.29, 1.82) is 0 Å². The Bertz CT molecular complexity index is 549. The molecule has 2 rings (SSSR count). The second kappa shape index (κ2) is 4.59. The predicted molar refractivity (Wildman–Crippen MR) is 65.3 cm³/mol. The minimum Gasteiger partial charge on any atom is -0.478 e. The van der Waals surface area contributed by atoms with Crippen molar-refractivity contribution in [3.63, 3.8) is 0 Å². The van der Waals surface area contributed by atoms with Gasteiger partial charge in [-0.15, -0.1) is 0 Å². The Labute approximate surface area is 103 Å². The third kappa shape index (κ3) is 2.03. The molecule has 0 bridgehead atoms. The van der Waals surface area contributed by atoms with E-state index in [4.69, 9.17) is 11.6 Å². The highest BCUT2D eigenvalue weighted by atomic mass is 35.5. The molecule has 1 N–H and O–H groups in total. The molecule has 17 heavy (non-hydrogen) atoms. The van der Waals surface area contributed by atoms with E-state index >= 15 is 0 Å². The molecule has 0 amide bonds. The van der Waals surface area contributed by atoms with Gasteiger partial charge in [-0.3, -0.25) is 4.68 Å². The largest absolute Gasteiger partial charge is 0.478 e. The van der Waals surface area contributed by atoms with Gasteiger partial charge in [-0.05, 0) is 6.92 Å². The highest BCUT2D eigenvalue weighted by Gasteiger charge is 2.22. The van der Waals surface area contributed by atoms with E-state index in [1.807, 2.05) is 37.3 Å². The number of hydrogen-bond acceptors (Lipinski definition) is 2. The monoisotopic (exact) mass is 250 g/mol. The number of aromatic nitrogens is 2. The van der Waals surface area contributed by atoms with E-state index in [9.17, 15) is 9.90 Å². The van der Waals surface area contributed by atoms with Crippen LogP contribution < -0.4 is 0 Å². The summed E-state index contributed by atoms with van der Waals surface area (Å²) in [6.45, 7) is 2.39. The standard InChI is InChI=1S/C12H11ClN2O2/c1-2-15-11(13)9(12(16)17)10(14-15)8-6-4-3-5-7-8/h3-7H,2H2,1H3,(H,16,17). The molecule has 88 valence electrons. The number of hydrogen-bond donors (Lipinski definition) is 1. The number of carbonyl (C=O) groups is 1. The zero-order valence-corrected chi connectivity index (χ0v) is 9.98. The van der Waals surface area contributed by atoms with Gasteiger partial charge in [0, 0.05) is 12.1 Å². The number of rotatable bonds is 3. The third-order valence-corrected chi connectivity index (χ3v) is 2.84. The van der Waals surface area contributed by atoms with Gasteiger partial charge in [0.05, 0.1) is 0 Å². The Morgan fingerprint density at radius 3 is 2.59 bits per heavy atom. The summed E-state index contributed by atoms with van der Waals surface area (Å²) < 4.78 is 1.48. The van der Waals surface area contributed by atoms with Crippen LogP contribution in [0.25, 0.3) is 11.3 Å². The van der Waals surface area contributed by atoms with Crippen LogP contribution in [-0.4, -0.2) is 20.9 Å². The van der Waals surface area contributed by atoms with Gasteiger partial charge in [0.1, 0.15) is 16.4 Å². The van der Waals surface area contributed by atoms with Gasteiger partial charge in [-0.1, -0.05) is 41.9 Å². The average Bonchev–Trinajstić information content (AvgIpc) is 2.67. The molecule has 4 nitrogen and oxygen atoms in total. The normalized spacial score (nSPS) is 10.5. The first-order valence-electron chi connectivity index (χ1n) is 5.20. The minimum absolute atomic E-state index is 0.0553. The van der Waals surface area contributed by atoms with Crippen molar-refractivity contribution in [2.75, 3.05) is 0 Å². The molecule has 0 unspecified atom stereocenters. The molecule has 0 radical (unpaired) electrons. The van der Waals surface area contributed by atoms with Gasteiger partial charge in [0.25, 0.3) is 0 Å². The van der Waals surface area contributed by atoms with Crippen LogP contribution in [0.5, 0.6) is 0 Å². The number of aryl methyl sites for hydroxylation is 1. The fourth-order valence-corrected chi connectivity index (χ4v) is 1.97. The van der Waals surface area contributed by atoms with Crippen LogP contribution in [0.4, 0.5) is 0 Å². The molecule has 2 aromatic rings. The predicted octanol–water partition coefficient (Wildman–Crippen LogP) is 2.92. The van der Waals surface area contributed by atoms with Crippen LogP contribution >= 0.6 is 11.6 Å². The first-order valence-corrected chi connectivity index (χ1v) is 5.58. The van der Waals surface area contributed by atoms with E-state index in [1.165, 1.54) is 4.68 Å². The summed E-state index contributed by atoms with van der Waals surface area (Å²) in [6, 6.07) is 9.15. The zero-order chi connectivity index (χ0) is 12.4. The second-order valence-electron chi connectivity index (χ2n) is 3.50. The fourth-order valence-electron chi connectivity index (χ4n) is 1.64. The van der Waals surface area contributed by atoms with Gasteiger partial charge in [0.15, 0.2) is 0 Å². The number of aromatic carboxylic acids is 1. The number of halogens is 1. The summed E-state index contributed by atoms with van der Waals surface area (Å²) in [6.07, 6.45) is 0. The van der Waals surface area contributed by atoms with Crippen LogP contribution in [0.3, 0.4) is 0 Å². The number of carboxylic acid groups (broad SMARTS) is 1.